The Morgan fingerprint density at radius 1 is 1.26 bits per heavy atom. The van der Waals surface area contributed by atoms with Gasteiger partial charge in [-0.05, 0) is 37.3 Å². The third-order valence-electron chi connectivity index (χ3n) is 4.83. The Morgan fingerprint density at radius 3 is 2.89 bits per heavy atom. The lowest BCUT2D eigenvalue weighted by atomic mass is 9.99. The number of hydrogen-bond acceptors (Lipinski definition) is 4. The number of ether oxygens (including phenoxy) is 1. The number of pyridine rings is 1. The molecule has 1 unspecified atom stereocenters. The maximum absolute atomic E-state index is 13.5. The van der Waals surface area contributed by atoms with Gasteiger partial charge in [-0.15, -0.1) is 0 Å². The Balaban J connectivity index is 1.82. The Morgan fingerprint density at radius 2 is 2.07 bits per heavy atom. The van der Waals surface area contributed by atoms with Crippen molar-refractivity contribution in [3.05, 3.63) is 48.0 Å². The smallest absolute Gasteiger partial charge is 0.220 e. The van der Waals surface area contributed by atoms with Crippen molar-refractivity contribution in [2.75, 3.05) is 6.61 Å². The molecule has 0 fully saturated rings. The van der Waals surface area contributed by atoms with Crippen LogP contribution in [0.5, 0.6) is 5.88 Å². The number of hydrogen-bond donors (Lipinski definition) is 1. The molecule has 7 heteroatoms. The topological polar surface area (TPSA) is 68.6 Å². The highest BCUT2D eigenvalue weighted by atomic mass is 19.1. The zero-order chi connectivity index (χ0) is 18.5. The van der Waals surface area contributed by atoms with E-state index in [9.17, 15) is 4.39 Å². The Labute approximate surface area is 155 Å². The van der Waals surface area contributed by atoms with Gasteiger partial charge in [0.2, 0.25) is 5.88 Å². The van der Waals surface area contributed by atoms with Crippen molar-refractivity contribution in [3.8, 4) is 28.3 Å². The molecule has 4 aromatic rings. The summed E-state index contributed by atoms with van der Waals surface area (Å²) in [6, 6.07) is 8.41. The number of aryl methyl sites for hydroxylation is 1. The van der Waals surface area contributed by atoms with Crippen molar-refractivity contribution in [2.24, 2.45) is 5.92 Å². The van der Waals surface area contributed by atoms with Crippen molar-refractivity contribution in [1.82, 2.24) is 25.0 Å². The van der Waals surface area contributed by atoms with E-state index in [1.165, 1.54) is 12.1 Å². The third-order valence-corrected chi connectivity index (χ3v) is 4.83. The van der Waals surface area contributed by atoms with Gasteiger partial charge < -0.3 is 4.74 Å². The summed E-state index contributed by atoms with van der Waals surface area (Å²) in [5.41, 5.74) is 5.06. The van der Waals surface area contributed by atoms with Gasteiger partial charge in [-0.1, -0.05) is 6.92 Å². The SMILES string of the molecule is Cc1cc(-c2c(-c3ccc(F)cc3)nn3c2OCC(C)C3)c2cn[nH]c2n1. The predicted molar refractivity (Wildman–Crippen MR) is 99.9 cm³/mol. The summed E-state index contributed by atoms with van der Waals surface area (Å²) in [5, 5.41) is 12.8. The number of halogens is 1. The van der Waals surface area contributed by atoms with Gasteiger partial charge in [0.25, 0.3) is 0 Å². The van der Waals surface area contributed by atoms with Crippen LogP contribution in [0.4, 0.5) is 4.39 Å². The molecule has 6 nitrogen and oxygen atoms in total. The van der Waals surface area contributed by atoms with Crippen molar-refractivity contribution >= 4 is 11.0 Å². The van der Waals surface area contributed by atoms with Crippen LogP contribution in [0.15, 0.2) is 36.5 Å². The van der Waals surface area contributed by atoms with Gasteiger partial charge >= 0.3 is 0 Å². The summed E-state index contributed by atoms with van der Waals surface area (Å²) in [5.74, 6) is 0.839. The molecule has 4 heterocycles. The third kappa shape index (κ3) is 2.58. The zero-order valence-corrected chi connectivity index (χ0v) is 15.0. The highest BCUT2D eigenvalue weighted by molar-refractivity contribution is 5.98. The van der Waals surface area contributed by atoms with E-state index in [4.69, 9.17) is 9.84 Å². The molecule has 27 heavy (non-hydrogen) atoms. The summed E-state index contributed by atoms with van der Waals surface area (Å²) in [6.07, 6.45) is 1.76. The van der Waals surface area contributed by atoms with Gasteiger partial charge in [0.05, 0.1) is 24.9 Å². The molecule has 0 saturated carbocycles. The van der Waals surface area contributed by atoms with Crippen LogP contribution in [0.2, 0.25) is 0 Å². The normalized spacial score (nSPS) is 16.3. The average Bonchev–Trinajstić information content (AvgIpc) is 3.25. The van der Waals surface area contributed by atoms with Crippen LogP contribution in [-0.2, 0) is 6.54 Å². The summed E-state index contributed by atoms with van der Waals surface area (Å²) in [7, 11) is 0. The van der Waals surface area contributed by atoms with E-state index in [0.29, 0.717) is 12.5 Å². The lowest BCUT2D eigenvalue weighted by molar-refractivity contribution is 0.176. The van der Waals surface area contributed by atoms with Crippen molar-refractivity contribution in [1.29, 1.82) is 0 Å². The average molecular weight is 363 g/mol. The number of rotatable bonds is 2. The molecule has 1 atom stereocenters. The second kappa shape index (κ2) is 5.90. The molecule has 136 valence electrons. The number of aromatic amines is 1. The van der Waals surface area contributed by atoms with Gasteiger partial charge in [-0.2, -0.15) is 10.2 Å². The summed E-state index contributed by atoms with van der Waals surface area (Å²) >= 11 is 0. The highest BCUT2D eigenvalue weighted by Crippen LogP contribution is 2.43. The lowest BCUT2D eigenvalue weighted by Crippen LogP contribution is -2.23. The van der Waals surface area contributed by atoms with Crippen LogP contribution in [0, 0.1) is 18.7 Å². The van der Waals surface area contributed by atoms with Crippen LogP contribution < -0.4 is 4.74 Å². The fourth-order valence-corrected chi connectivity index (χ4v) is 3.60. The monoisotopic (exact) mass is 363 g/mol. The second-order valence-electron chi connectivity index (χ2n) is 7.08. The first-order valence-electron chi connectivity index (χ1n) is 8.91. The first kappa shape index (κ1) is 16.0. The number of fused-ring (bicyclic) bond motifs is 2. The van der Waals surface area contributed by atoms with E-state index < -0.39 is 0 Å². The van der Waals surface area contributed by atoms with Gasteiger partial charge in [-0.25, -0.2) is 14.1 Å². The van der Waals surface area contributed by atoms with Crippen LogP contribution in [0.1, 0.15) is 12.6 Å². The molecule has 5 rings (SSSR count). The molecule has 0 amide bonds. The van der Waals surface area contributed by atoms with Crippen molar-refractivity contribution < 1.29 is 9.13 Å². The number of benzene rings is 1. The van der Waals surface area contributed by atoms with Gasteiger partial charge in [0, 0.05) is 28.1 Å². The van der Waals surface area contributed by atoms with Gasteiger partial charge in [-0.3, -0.25) is 5.10 Å². The minimum Gasteiger partial charge on any atom is -0.477 e. The van der Waals surface area contributed by atoms with Gasteiger partial charge in [0.1, 0.15) is 11.5 Å². The van der Waals surface area contributed by atoms with Crippen LogP contribution in [-0.4, -0.2) is 31.6 Å². The molecular weight excluding hydrogens is 345 g/mol. The van der Waals surface area contributed by atoms with E-state index in [2.05, 4.69) is 22.1 Å². The van der Waals surface area contributed by atoms with E-state index in [0.717, 1.165) is 51.5 Å². The van der Waals surface area contributed by atoms with E-state index in [-0.39, 0.29) is 5.82 Å². The van der Waals surface area contributed by atoms with Crippen LogP contribution in [0.25, 0.3) is 33.4 Å². The number of nitrogens with one attached hydrogen (secondary N) is 1. The Hall–Kier alpha value is -3.22. The standard InChI is InChI=1S/C20H18FN5O/c1-11-9-26-20(27-10-11)17(18(25-26)13-3-5-14(21)6-4-13)15-7-12(2)23-19-16(15)8-22-24-19/h3-8,11H,9-10H2,1-2H3,(H,22,23,24). The van der Waals surface area contributed by atoms with Crippen LogP contribution >= 0.6 is 0 Å². The zero-order valence-electron chi connectivity index (χ0n) is 15.0. The van der Waals surface area contributed by atoms with Crippen molar-refractivity contribution in [3.63, 3.8) is 0 Å². The molecule has 0 aliphatic carbocycles. The van der Waals surface area contributed by atoms with E-state index in [1.54, 1.807) is 18.3 Å². The van der Waals surface area contributed by atoms with Crippen molar-refractivity contribution in [2.45, 2.75) is 20.4 Å². The highest BCUT2D eigenvalue weighted by Gasteiger charge is 2.28. The molecule has 1 aliphatic rings. The minimum atomic E-state index is -0.272. The lowest BCUT2D eigenvalue weighted by Gasteiger charge is -2.21. The maximum atomic E-state index is 13.5. The fraction of sp³-hybridized carbons (Fsp3) is 0.250. The molecule has 0 saturated heterocycles. The predicted octanol–water partition coefficient (Wildman–Crippen LogP) is 3.96. The fourth-order valence-electron chi connectivity index (χ4n) is 3.60. The maximum Gasteiger partial charge on any atom is 0.220 e. The second-order valence-corrected chi connectivity index (χ2v) is 7.08. The number of aromatic nitrogens is 5. The summed E-state index contributed by atoms with van der Waals surface area (Å²) in [4.78, 5) is 4.51. The largest absolute Gasteiger partial charge is 0.477 e. The van der Waals surface area contributed by atoms with Gasteiger partial charge in [0.15, 0.2) is 5.65 Å². The van der Waals surface area contributed by atoms with Crippen LogP contribution in [0.3, 0.4) is 0 Å². The molecule has 1 aromatic carbocycles. The minimum absolute atomic E-state index is 0.272. The first-order chi connectivity index (χ1) is 13.1. The molecular formula is C20H18FN5O. The quantitative estimate of drug-likeness (QED) is 0.585. The first-order valence-corrected chi connectivity index (χ1v) is 8.91. The van der Waals surface area contributed by atoms with E-state index >= 15 is 0 Å². The Kier molecular flexibility index (Phi) is 3.50. The van der Waals surface area contributed by atoms with E-state index in [1.807, 2.05) is 17.7 Å². The molecule has 3 aromatic heterocycles. The number of nitrogens with zero attached hydrogens (tertiary/aromatic N) is 4. The molecule has 0 radical (unpaired) electrons. The summed E-state index contributed by atoms with van der Waals surface area (Å²) in [6.45, 7) is 5.50. The number of H-pyrrole nitrogens is 1. The molecule has 0 spiro atoms. The molecule has 1 aliphatic heterocycles. The Bertz CT molecular complexity index is 1150. The summed E-state index contributed by atoms with van der Waals surface area (Å²) < 4.78 is 21.4. The molecule has 0 bridgehead atoms. The molecule has 1 N–H and O–H groups in total.